The van der Waals surface area contributed by atoms with Gasteiger partial charge in [0.2, 0.25) is 0 Å². The summed E-state index contributed by atoms with van der Waals surface area (Å²) in [5, 5.41) is 9.15. The monoisotopic (exact) mass is 213 g/mol. The molecule has 76 valence electrons. The minimum atomic E-state index is -0.0946. The third-order valence-electron chi connectivity index (χ3n) is 2.21. The maximum atomic E-state index is 8.82. The highest BCUT2D eigenvalue weighted by atomic mass is 35.5. The fourth-order valence-electron chi connectivity index (χ4n) is 1.15. The van der Waals surface area contributed by atoms with Crippen molar-refractivity contribution in [3.05, 3.63) is 23.0 Å². The van der Waals surface area contributed by atoms with Crippen LogP contribution < -0.4 is 4.74 Å². The van der Waals surface area contributed by atoms with E-state index in [9.17, 15) is 0 Å². The molecule has 1 aliphatic carbocycles. The maximum Gasteiger partial charge on any atom is 0.171 e. The van der Waals surface area contributed by atoms with Crippen molar-refractivity contribution in [1.82, 2.24) is 4.98 Å². The molecule has 0 spiro atoms. The van der Waals surface area contributed by atoms with E-state index < -0.39 is 0 Å². The van der Waals surface area contributed by atoms with Crippen LogP contribution in [-0.2, 0) is 6.61 Å². The zero-order valence-corrected chi connectivity index (χ0v) is 8.50. The minimum Gasteiger partial charge on any atom is -0.490 e. The van der Waals surface area contributed by atoms with Crippen molar-refractivity contribution in [2.75, 3.05) is 6.61 Å². The molecule has 0 aromatic carbocycles. The molecule has 14 heavy (non-hydrogen) atoms. The first-order valence-electron chi connectivity index (χ1n) is 4.68. The van der Waals surface area contributed by atoms with Crippen LogP contribution in [0.2, 0.25) is 5.15 Å². The van der Waals surface area contributed by atoms with Crippen LogP contribution in [0.4, 0.5) is 0 Å². The molecule has 1 heterocycles. The van der Waals surface area contributed by atoms with E-state index in [0.29, 0.717) is 22.5 Å². The number of aromatic nitrogens is 1. The largest absolute Gasteiger partial charge is 0.490 e. The van der Waals surface area contributed by atoms with Crippen molar-refractivity contribution >= 4 is 11.6 Å². The molecule has 1 N–H and O–H groups in total. The predicted molar refractivity (Wildman–Crippen MR) is 53.4 cm³/mol. The molecular weight excluding hydrogens is 202 g/mol. The van der Waals surface area contributed by atoms with Gasteiger partial charge in [-0.05, 0) is 30.9 Å². The summed E-state index contributed by atoms with van der Waals surface area (Å²) >= 11 is 5.86. The van der Waals surface area contributed by atoms with E-state index in [1.165, 1.54) is 12.8 Å². The molecule has 2 rings (SSSR count). The van der Waals surface area contributed by atoms with Crippen molar-refractivity contribution in [1.29, 1.82) is 0 Å². The van der Waals surface area contributed by atoms with Crippen molar-refractivity contribution in [3.63, 3.8) is 0 Å². The van der Waals surface area contributed by atoms with Gasteiger partial charge < -0.3 is 9.84 Å². The summed E-state index contributed by atoms with van der Waals surface area (Å²) in [6.45, 7) is 0.627. The number of pyridine rings is 1. The van der Waals surface area contributed by atoms with Gasteiger partial charge in [-0.25, -0.2) is 4.98 Å². The third kappa shape index (κ3) is 2.36. The van der Waals surface area contributed by atoms with E-state index in [2.05, 4.69) is 4.98 Å². The Morgan fingerprint density at radius 3 is 2.86 bits per heavy atom. The molecular formula is C10H12ClNO2. The van der Waals surface area contributed by atoms with E-state index >= 15 is 0 Å². The first kappa shape index (κ1) is 9.74. The SMILES string of the molecule is OCc1ccc(OCC2CC2)c(Cl)n1. The second-order valence-corrected chi connectivity index (χ2v) is 3.86. The van der Waals surface area contributed by atoms with Crippen LogP contribution in [0.25, 0.3) is 0 Å². The average molecular weight is 214 g/mol. The summed E-state index contributed by atoms with van der Waals surface area (Å²) in [6, 6.07) is 3.47. The minimum absolute atomic E-state index is 0.0946. The smallest absolute Gasteiger partial charge is 0.171 e. The lowest BCUT2D eigenvalue weighted by Gasteiger charge is -2.06. The predicted octanol–water partition coefficient (Wildman–Crippen LogP) is 2.02. The van der Waals surface area contributed by atoms with Gasteiger partial charge in [-0.15, -0.1) is 0 Å². The number of aliphatic hydroxyl groups is 1. The Morgan fingerprint density at radius 1 is 1.50 bits per heavy atom. The van der Waals surface area contributed by atoms with E-state index in [1.807, 2.05) is 0 Å². The van der Waals surface area contributed by atoms with E-state index in [1.54, 1.807) is 12.1 Å². The Bertz CT molecular complexity index is 326. The summed E-state index contributed by atoms with van der Waals surface area (Å²) < 4.78 is 5.48. The quantitative estimate of drug-likeness (QED) is 0.779. The Kier molecular flexibility index (Phi) is 2.89. The average Bonchev–Trinajstić information content (AvgIpc) is 2.99. The highest BCUT2D eigenvalue weighted by molar-refractivity contribution is 6.30. The molecule has 1 saturated carbocycles. The summed E-state index contributed by atoms with van der Waals surface area (Å²) in [6.07, 6.45) is 2.50. The molecule has 0 radical (unpaired) electrons. The van der Waals surface area contributed by atoms with Crippen molar-refractivity contribution in [2.24, 2.45) is 5.92 Å². The number of hydrogen-bond acceptors (Lipinski definition) is 3. The van der Waals surface area contributed by atoms with E-state index in [-0.39, 0.29) is 6.61 Å². The van der Waals surface area contributed by atoms with Gasteiger partial charge in [-0.1, -0.05) is 11.6 Å². The molecule has 0 unspecified atom stereocenters. The highest BCUT2D eigenvalue weighted by Crippen LogP contribution is 2.31. The summed E-state index contributed by atoms with van der Waals surface area (Å²) in [5.74, 6) is 1.30. The van der Waals surface area contributed by atoms with Gasteiger partial charge in [0.1, 0.15) is 0 Å². The molecule has 1 aromatic heterocycles. The van der Waals surface area contributed by atoms with E-state index in [4.69, 9.17) is 21.4 Å². The van der Waals surface area contributed by atoms with Crippen molar-refractivity contribution < 1.29 is 9.84 Å². The molecule has 0 saturated heterocycles. The maximum absolute atomic E-state index is 8.82. The normalized spacial score (nSPS) is 15.6. The second-order valence-electron chi connectivity index (χ2n) is 3.50. The molecule has 0 bridgehead atoms. The molecule has 1 aromatic rings. The molecule has 0 amide bonds. The van der Waals surface area contributed by atoms with Crippen LogP contribution >= 0.6 is 11.6 Å². The number of rotatable bonds is 4. The third-order valence-corrected chi connectivity index (χ3v) is 2.48. The number of hydrogen-bond donors (Lipinski definition) is 1. The lowest BCUT2D eigenvalue weighted by molar-refractivity contribution is 0.274. The Hall–Kier alpha value is -0.800. The Morgan fingerprint density at radius 2 is 2.29 bits per heavy atom. The molecule has 4 heteroatoms. The molecule has 3 nitrogen and oxygen atoms in total. The van der Waals surface area contributed by atoms with Crippen LogP contribution in [0, 0.1) is 5.92 Å². The first-order valence-corrected chi connectivity index (χ1v) is 5.06. The first-order chi connectivity index (χ1) is 6.79. The summed E-state index contributed by atoms with van der Waals surface area (Å²) in [4.78, 5) is 3.98. The Balaban J connectivity index is 2.01. The standard InChI is InChI=1S/C10H12ClNO2/c11-10-9(14-6-7-1-2-7)4-3-8(5-13)12-10/h3-4,7,13H,1-2,5-6H2. The molecule has 1 aliphatic rings. The van der Waals surface area contributed by atoms with Gasteiger partial charge in [0, 0.05) is 0 Å². The second kappa shape index (κ2) is 4.15. The molecule has 1 fully saturated rings. The lowest BCUT2D eigenvalue weighted by atomic mass is 10.3. The van der Waals surface area contributed by atoms with Gasteiger partial charge in [-0.3, -0.25) is 0 Å². The van der Waals surface area contributed by atoms with Crippen LogP contribution in [0.1, 0.15) is 18.5 Å². The number of halogens is 1. The molecule has 0 aliphatic heterocycles. The number of nitrogens with zero attached hydrogens (tertiary/aromatic N) is 1. The summed E-state index contributed by atoms with van der Waals surface area (Å²) in [7, 11) is 0. The van der Waals surface area contributed by atoms with Gasteiger partial charge in [0.05, 0.1) is 18.9 Å². The van der Waals surface area contributed by atoms with Gasteiger partial charge in [0.25, 0.3) is 0 Å². The zero-order valence-electron chi connectivity index (χ0n) is 7.74. The highest BCUT2D eigenvalue weighted by Gasteiger charge is 2.22. The Labute approximate surface area is 87.7 Å². The van der Waals surface area contributed by atoms with Gasteiger partial charge in [-0.2, -0.15) is 0 Å². The van der Waals surface area contributed by atoms with Crippen LogP contribution in [-0.4, -0.2) is 16.7 Å². The van der Waals surface area contributed by atoms with Crippen LogP contribution in [0.3, 0.4) is 0 Å². The van der Waals surface area contributed by atoms with Crippen LogP contribution in [0.5, 0.6) is 5.75 Å². The van der Waals surface area contributed by atoms with Crippen LogP contribution in [0.15, 0.2) is 12.1 Å². The van der Waals surface area contributed by atoms with Gasteiger partial charge >= 0.3 is 0 Å². The molecule has 0 atom stereocenters. The number of aliphatic hydroxyl groups excluding tert-OH is 1. The number of ether oxygens (including phenoxy) is 1. The zero-order chi connectivity index (χ0) is 9.97. The van der Waals surface area contributed by atoms with Crippen molar-refractivity contribution in [3.8, 4) is 5.75 Å². The lowest BCUT2D eigenvalue weighted by Crippen LogP contribution is -2.01. The summed E-state index contributed by atoms with van der Waals surface area (Å²) in [5.41, 5.74) is 0.564. The van der Waals surface area contributed by atoms with E-state index in [0.717, 1.165) is 6.61 Å². The fourth-order valence-corrected chi connectivity index (χ4v) is 1.37. The van der Waals surface area contributed by atoms with Gasteiger partial charge in [0.15, 0.2) is 10.9 Å². The van der Waals surface area contributed by atoms with Crippen molar-refractivity contribution in [2.45, 2.75) is 19.4 Å². The topological polar surface area (TPSA) is 42.4 Å². The fraction of sp³-hybridized carbons (Fsp3) is 0.500.